The number of hydrogen-bond donors (Lipinski definition) is 0. The van der Waals surface area contributed by atoms with Crippen molar-refractivity contribution in [3.05, 3.63) is 52.6 Å². The third kappa shape index (κ3) is 3.37. The van der Waals surface area contributed by atoms with E-state index in [1.54, 1.807) is 17.7 Å². The van der Waals surface area contributed by atoms with E-state index in [9.17, 15) is 9.59 Å². The zero-order valence-electron chi connectivity index (χ0n) is 17.3. The quantitative estimate of drug-likeness (QED) is 0.620. The number of thiophene rings is 1. The van der Waals surface area contributed by atoms with Gasteiger partial charge in [-0.1, -0.05) is 43.2 Å². The molecular weight excluding hydrogens is 394 g/mol. The molecule has 1 amide bonds. The number of likely N-dealkylation sites (tertiary alicyclic amines) is 1. The van der Waals surface area contributed by atoms with Crippen LogP contribution in [0.2, 0.25) is 0 Å². The number of nitrogens with zero attached hydrogens (tertiary/aromatic N) is 3. The number of hydrogen-bond acceptors (Lipinski definition) is 4. The molecule has 156 valence electrons. The van der Waals surface area contributed by atoms with E-state index in [2.05, 4.69) is 22.0 Å². The lowest BCUT2D eigenvalue weighted by atomic mass is 9.78. The van der Waals surface area contributed by atoms with Crippen molar-refractivity contribution in [3.63, 3.8) is 0 Å². The highest BCUT2D eigenvalue weighted by atomic mass is 32.1. The lowest BCUT2D eigenvalue weighted by molar-refractivity contribution is -0.138. The van der Waals surface area contributed by atoms with Crippen LogP contribution in [0.3, 0.4) is 0 Å². The molecule has 2 fully saturated rings. The van der Waals surface area contributed by atoms with Crippen LogP contribution >= 0.6 is 11.3 Å². The summed E-state index contributed by atoms with van der Waals surface area (Å²) < 4.78 is 1.51. The number of carbonyl (C=O) groups excluding carboxylic acids is 1. The summed E-state index contributed by atoms with van der Waals surface area (Å²) in [6.45, 7) is 2.88. The third-order valence-corrected chi connectivity index (χ3v) is 8.07. The molecule has 1 saturated carbocycles. The van der Waals surface area contributed by atoms with Crippen LogP contribution in [0.4, 0.5) is 0 Å². The molecule has 2 atom stereocenters. The largest absolute Gasteiger partial charge is 0.338 e. The van der Waals surface area contributed by atoms with Crippen molar-refractivity contribution >= 4 is 27.5 Å². The van der Waals surface area contributed by atoms with Crippen LogP contribution in [0.15, 0.2) is 41.5 Å². The van der Waals surface area contributed by atoms with Gasteiger partial charge < -0.3 is 4.90 Å². The number of fused-ring (bicyclic) bond motifs is 2. The number of aryl methyl sites for hydroxylation is 1. The number of rotatable bonds is 3. The Kier molecular flexibility index (Phi) is 5.19. The molecule has 3 heterocycles. The Hall–Kier alpha value is -2.47. The molecule has 1 aliphatic heterocycles. The van der Waals surface area contributed by atoms with Crippen LogP contribution in [0.1, 0.15) is 44.1 Å². The maximum absolute atomic E-state index is 13.3. The lowest BCUT2D eigenvalue weighted by Gasteiger charge is -2.44. The number of carbonyl (C=O) groups is 1. The average molecular weight is 422 g/mol. The molecule has 6 heteroatoms. The first-order valence-electron chi connectivity index (χ1n) is 11.0. The number of amides is 1. The highest BCUT2D eigenvalue weighted by Gasteiger charge is 2.35. The fourth-order valence-electron chi connectivity index (χ4n) is 5.31. The molecule has 0 unspecified atom stereocenters. The molecule has 2 aliphatic rings. The van der Waals surface area contributed by atoms with Crippen molar-refractivity contribution < 1.29 is 4.79 Å². The highest BCUT2D eigenvalue weighted by Crippen LogP contribution is 2.36. The van der Waals surface area contributed by atoms with Gasteiger partial charge in [0.2, 0.25) is 5.91 Å². The van der Waals surface area contributed by atoms with Crippen molar-refractivity contribution in [2.45, 2.75) is 58.0 Å². The average Bonchev–Trinajstić information content (AvgIpc) is 3.13. The fraction of sp³-hybridized carbons (Fsp3) is 0.458. The predicted molar refractivity (Wildman–Crippen MR) is 121 cm³/mol. The number of piperidine rings is 1. The summed E-state index contributed by atoms with van der Waals surface area (Å²) in [5.41, 5.74) is 1.93. The molecule has 0 radical (unpaired) electrons. The SMILES string of the molecule is Cc1c(-c2ccccc2)sc2ncn(CC(=O)N3CCC[C@@H]4CCCC[C@H]43)c(=O)c12. The van der Waals surface area contributed by atoms with E-state index in [0.29, 0.717) is 17.3 Å². The van der Waals surface area contributed by atoms with E-state index in [1.165, 1.54) is 30.3 Å². The van der Waals surface area contributed by atoms with Crippen LogP contribution in [-0.4, -0.2) is 32.9 Å². The molecule has 30 heavy (non-hydrogen) atoms. The van der Waals surface area contributed by atoms with Gasteiger partial charge in [0.25, 0.3) is 5.56 Å². The van der Waals surface area contributed by atoms with E-state index in [1.807, 2.05) is 25.1 Å². The van der Waals surface area contributed by atoms with Crippen LogP contribution in [0.5, 0.6) is 0 Å². The minimum atomic E-state index is -0.110. The van der Waals surface area contributed by atoms with Crippen LogP contribution in [0, 0.1) is 12.8 Å². The van der Waals surface area contributed by atoms with Crippen molar-refractivity contribution in [1.29, 1.82) is 0 Å². The molecule has 2 aromatic heterocycles. The van der Waals surface area contributed by atoms with Crippen LogP contribution in [-0.2, 0) is 11.3 Å². The third-order valence-electron chi connectivity index (χ3n) is 6.82. The Labute approximate surface area is 180 Å². The van der Waals surface area contributed by atoms with Crippen molar-refractivity contribution in [2.75, 3.05) is 6.54 Å². The van der Waals surface area contributed by atoms with Gasteiger partial charge >= 0.3 is 0 Å². The first-order valence-corrected chi connectivity index (χ1v) is 11.8. The second-order valence-electron chi connectivity index (χ2n) is 8.62. The van der Waals surface area contributed by atoms with Gasteiger partial charge in [-0.15, -0.1) is 11.3 Å². The monoisotopic (exact) mass is 421 g/mol. The second kappa shape index (κ2) is 7.99. The zero-order chi connectivity index (χ0) is 20.7. The molecule has 1 aliphatic carbocycles. The minimum Gasteiger partial charge on any atom is -0.338 e. The first-order chi connectivity index (χ1) is 14.6. The van der Waals surface area contributed by atoms with E-state index < -0.39 is 0 Å². The predicted octanol–water partition coefficient (Wildman–Crippen LogP) is 4.61. The maximum atomic E-state index is 13.3. The molecule has 1 aromatic carbocycles. The van der Waals surface area contributed by atoms with Gasteiger partial charge in [-0.2, -0.15) is 0 Å². The summed E-state index contributed by atoms with van der Waals surface area (Å²) in [5.74, 6) is 0.701. The summed E-state index contributed by atoms with van der Waals surface area (Å²) in [7, 11) is 0. The number of aromatic nitrogens is 2. The first kappa shape index (κ1) is 19.5. The van der Waals surface area contributed by atoms with Gasteiger partial charge in [0.15, 0.2) is 0 Å². The highest BCUT2D eigenvalue weighted by molar-refractivity contribution is 7.22. The summed E-state index contributed by atoms with van der Waals surface area (Å²) in [4.78, 5) is 34.8. The maximum Gasteiger partial charge on any atom is 0.262 e. The summed E-state index contributed by atoms with van der Waals surface area (Å²) in [6, 6.07) is 10.5. The van der Waals surface area contributed by atoms with E-state index >= 15 is 0 Å². The van der Waals surface area contributed by atoms with Crippen LogP contribution < -0.4 is 5.56 Å². The van der Waals surface area contributed by atoms with Gasteiger partial charge in [0, 0.05) is 17.5 Å². The van der Waals surface area contributed by atoms with E-state index in [0.717, 1.165) is 40.2 Å². The van der Waals surface area contributed by atoms with E-state index in [-0.39, 0.29) is 18.0 Å². The standard InChI is InChI=1S/C24H27N3O2S/c1-16-21-23(30-22(16)18-9-3-2-4-10-18)25-15-26(24(21)29)14-20(28)27-13-7-11-17-8-5-6-12-19(17)27/h2-4,9-10,15,17,19H,5-8,11-14H2,1H3/t17-,19+/m0/s1. The molecule has 0 spiro atoms. The van der Waals surface area contributed by atoms with Gasteiger partial charge in [0.1, 0.15) is 11.4 Å². The smallest absolute Gasteiger partial charge is 0.262 e. The van der Waals surface area contributed by atoms with Crippen LogP contribution in [0.25, 0.3) is 20.7 Å². The number of benzene rings is 1. The topological polar surface area (TPSA) is 55.2 Å². The van der Waals surface area contributed by atoms with Gasteiger partial charge in [-0.25, -0.2) is 4.98 Å². The Morgan fingerprint density at radius 1 is 1.13 bits per heavy atom. The van der Waals surface area contributed by atoms with Crippen molar-refractivity contribution in [1.82, 2.24) is 14.5 Å². The van der Waals surface area contributed by atoms with E-state index in [4.69, 9.17) is 0 Å². The summed E-state index contributed by atoms with van der Waals surface area (Å²) in [5, 5.41) is 0.642. The zero-order valence-corrected chi connectivity index (χ0v) is 18.2. The molecule has 3 aromatic rings. The Morgan fingerprint density at radius 3 is 2.73 bits per heavy atom. The Morgan fingerprint density at radius 2 is 1.90 bits per heavy atom. The molecule has 0 N–H and O–H groups in total. The Balaban J connectivity index is 1.45. The molecular formula is C24H27N3O2S. The molecule has 5 rings (SSSR count). The summed E-state index contributed by atoms with van der Waals surface area (Å²) >= 11 is 1.54. The minimum absolute atomic E-state index is 0.0611. The normalized spacial score (nSPS) is 21.6. The molecule has 0 bridgehead atoms. The van der Waals surface area contributed by atoms with Gasteiger partial charge in [0.05, 0.1) is 11.7 Å². The molecule has 5 nitrogen and oxygen atoms in total. The van der Waals surface area contributed by atoms with Gasteiger partial charge in [-0.3, -0.25) is 14.2 Å². The second-order valence-corrected chi connectivity index (χ2v) is 9.62. The lowest BCUT2D eigenvalue weighted by Crippen LogP contribution is -2.51. The molecule has 1 saturated heterocycles. The Bertz CT molecular complexity index is 1130. The van der Waals surface area contributed by atoms with Gasteiger partial charge in [-0.05, 0) is 49.7 Å². The van der Waals surface area contributed by atoms with Crippen molar-refractivity contribution in [3.8, 4) is 10.4 Å². The fourth-order valence-corrected chi connectivity index (χ4v) is 6.45. The summed E-state index contributed by atoms with van der Waals surface area (Å²) in [6.07, 6.45) is 8.68. The van der Waals surface area contributed by atoms with Crippen molar-refractivity contribution in [2.24, 2.45) is 5.92 Å².